The Morgan fingerprint density at radius 3 is 2.62 bits per heavy atom. The largest absolute Gasteiger partial charge is 0.367 e. The van der Waals surface area contributed by atoms with Crippen molar-refractivity contribution in [1.82, 2.24) is 9.97 Å². The summed E-state index contributed by atoms with van der Waals surface area (Å²) in [5.74, 6) is 0.858. The van der Waals surface area contributed by atoms with Gasteiger partial charge in [0, 0.05) is 12.2 Å². The van der Waals surface area contributed by atoms with Gasteiger partial charge in [0.2, 0.25) is 5.28 Å². The Kier molecular flexibility index (Phi) is 2.51. The summed E-state index contributed by atoms with van der Waals surface area (Å²) in [7, 11) is 0. The van der Waals surface area contributed by atoms with Gasteiger partial charge in [-0.15, -0.1) is 0 Å². The molecule has 0 atom stereocenters. The van der Waals surface area contributed by atoms with Crippen molar-refractivity contribution in [3.8, 4) is 0 Å². The highest BCUT2D eigenvalue weighted by molar-refractivity contribution is 6.28. The quantitative estimate of drug-likeness (QED) is 0.803. The van der Waals surface area contributed by atoms with Gasteiger partial charge in [0.25, 0.3) is 0 Å². The minimum absolute atomic E-state index is 0.319. The van der Waals surface area contributed by atoms with Crippen LogP contribution in [0.4, 0.5) is 5.82 Å². The monoisotopic (exact) mass is 237 g/mol. The SMILES string of the molecule is Clc1nccc(NC2CCC3(CC2)CC3)n1. The van der Waals surface area contributed by atoms with Crippen LogP contribution in [-0.4, -0.2) is 16.0 Å². The molecular weight excluding hydrogens is 222 g/mol. The van der Waals surface area contributed by atoms with Gasteiger partial charge in [0.05, 0.1) is 0 Å². The minimum atomic E-state index is 0.319. The van der Waals surface area contributed by atoms with E-state index >= 15 is 0 Å². The molecule has 2 aliphatic carbocycles. The van der Waals surface area contributed by atoms with Gasteiger partial charge in [-0.1, -0.05) is 0 Å². The predicted octanol–water partition coefficient (Wildman–Crippen LogP) is 3.26. The van der Waals surface area contributed by atoms with Crippen LogP contribution >= 0.6 is 11.6 Å². The number of aromatic nitrogens is 2. The molecule has 1 aromatic heterocycles. The summed E-state index contributed by atoms with van der Waals surface area (Å²) in [6.45, 7) is 0. The van der Waals surface area contributed by atoms with E-state index in [2.05, 4.69) is 15.3 Å². The van der Waals surface area contributed by atoms with E-state index in [0.717, 1.165) is 11.2 Å². The van der Waals surface area contributed by atoms with E-state index in [1.807, 2.05) is 6.07 Å². The lowest BCUT2D eigenvalue weighted by Gasteiger charge is -2.29. The number of hydrogen-bond donors (Lipinski definition) is 1. The van der Waals surface area contributed by atoms with Crippen LogP contribution in [-0.2, 0) is 0 Å². The average molecular weight is 238 g/mol. The fraction of sp³-hybridized carbons (Fsp3) is 0.667. The molecule has 2 saturated carbocycles. The molecule has 1 N–H and O–H groups in total. The first-order valence-corrected chi connectivity index (χ1v) is 6.39. The number of rotatable bonds is 2. The molecule has 2 fully saturated rings. The van der Waals surface area contributed by atoms with Crippen molar-refractivity contribution in [3.05, 3.63) is 17.5 Å². The van der Waals surface area contributed by atoms with E-state index in [0.29, 0.717) is 11.3 Å². The van der Waals surface area contributed by atoms with Gasteiger partial charge in [-0.25, -0.2) is 9.97 Å². The van der Waals surface area contributed by atoms with Crippen molar-refractivity contribution in [3.63, 3.8) is 0 Å². The van der Waals surface area contributed by atoms with Crippen molar-refractivity contribution >= 4 is 17.4 Å². The zero-order valence-corrected chi connectivity index (χ0v) is 10.0. The van der Waals surface area contributed by atoms with Gasteiger partial charge in [-0.05, 0) is 61.6 Å². The molecule has 0 amide bonds. The highest BCUT2D eigenvalue weighted by Crippen LogP contribution is 2.56. The highest BCUT2D eigenvalue weighted by Gasteiger charge is 2.44. The Hall–Kier alpha value is -0.830. The number of anilines is 1. The van der Waals surface area contributed by atoms with Crippen LogP contribution in [0.5, 0.6) is 0 Å². The molecule has 4 heteroatoms. The first kappa shape index (κ1) is 10.3. The zero-order chi connectivity index (χ0) is 11.0. The topological polar surface area (TPSA) is 37.8 Å². The summed E-state index contributed by atoms with van der Waals surface area (Å²) in [4.78, 5) is 8.04. The molecule has 0 aliphatic heterocycles. The molecule has 16 heavy (non-hydrogen) atoms. The molecular formula is C12H16ClN3. The summed E-state index contributed by atoms with van der Waals surface area (Å²) in [5, 5.41) is 3.77. The van der Waals surface area contributed by atoms with E-state index < -0.39 is 0 Å². The third-order valence-electron chi connectivity index (χ3n) is 3.98. The third-order valence-corrected chi connectivity index (χ3v) is 4.16. The maximum atomic E-state index is 5.76. The van der Waals surface area contributed by atoms with Gasteiger partial charge in [0.1, 0.15) is 5.82 Å². The van der Waals surface area contributed by atoms with E-state index in [1.165, 1.54) is 38.5 Å². The van der Waals surface area contributed by atoms with Crippen LogP contribution in [0, 0.1) is 5.41 Å². The number of hydrogen-bond acceptors (Lipinski definition) is 3. The smallest absolute Gasteiger partial charge is 0.224 e. The van der Waals surface area contributed by atoms with E-state index in [4.69, 9.17) is 11.6 Å². The van der Waals surface area contributed by atoms with Gasteiger partial charge in [0.15, 0.2) is 0 Å². The lowest BCUT2D eigenvalue weighted by atomic mass is 9.83. The van der Waals surface area contributed by atoms with E-state index in [-0.39, 0.29) is 0 Å². The Morgan fingerprint density at radius 2 is 2.00 bits per heavy atom. The standard InChI is InChI=1S/C12H16ClN3/c13-11-14-8-3-10(16-11)15-9-1-4-12(5-2-9)6-7-12/h3,8-9H,1-2,4-7H2,(H,14,15,16). The summed E-state index contributed by atoms with van der Waals surface area (Å²) in [6, 6.07) is 2.45. The van der Waals surface area contributed by atoms with Crippen molar-refractivity contribution in [2.75, 3.05) is 5.32 Å². The third kappa shape index (κ3) is 2.14. The molecule has 1 heterocycles. The molecule has 3 nitrogen and oxygen atoms in total. The fourth-order valence-electron chi connectivity index (χ4n) is 2.68. The van der Waals surface area contributed by atoms with E-state index in [9.17, 15) is 0 Å². The zero-order valence-electron chi connectivity index (χ0n) is 9.25. The first-order chi connectivity index (χ1) is 7.76. The molecule has 2 aliphatic rings. The van der Waals surface area contributed by atoms with E-state index in [1.54, 1.807) is 6.20 Å². The molecule has 0 saturated heterocycles. The molecule has 0 aromatic carbocycles. The van der Waals surface area contributed by atoms with Crippen LogP contribution in [0.3, 0.4) is 0 Å². The Morgan fingerprint density at radius 1 is 1.25 bits per heavy atom. The normalized spacial score (nSPS) is 23.3. The maximum absolute atomic E-state index is 5.76. The Balaban J connectivity index is 1.59. The second-order valence-electron chi connectivity index (χ2n) is 5.13. The molecule has 0 bridgehead atoms. The van der Waals surface area contributed by atoms with Crippen LogP contribution in [0.1, 0.15) is 38.5 Å². The summed E-state index contributed by atoms with van der Waals surface area (Å²) in [6.07, 6.45) is 9.90. The number of halogens is 1. The maximum Gasteiger partial charge on any atom is 0.224 e. The van der Waals surface area contributed by atoms with Crippen LogP contribution in [0.15, 0.2) is 12.3 Å². The summed E-state index contributed by atoms with van der Waals surface area (Å²) < 4.78 is 0. The number of nitrogens with zero attached hydrogens (tertiary/aromatic N) is 2. The number of nitrogens with one attached hydrogen (secondary N) is 1. The van der Waals surface area contributed by atoms with Gasteiger partial charge in [-0.3, -0.25) is 0 Å². The molecule has 1 spiro atoms. The second kappa shape index (κ2) is 3.88. The first-order valence-electron chi connectivity index (χ1n) is 6.01. The summed E-state index contributed by atoms with van der Waals surface area (Å²) >= 11 is 5.76. The van der Waals surface area contributed by atoms with Crippen molar-refractivity contribution in [2.45, 2.75) is 44.6 Å². The predicted molar refractivity (Wildman–Crippen MR) is 64.6 cm³/mol. The Labute approximate surface area is 101 Å². The molecule has 3 rings (SSSR count). The van der Waals surface area contributed by atoms with Crippen LogP contribution in [0.2, 0.25) is 5.28 Å². The van der Waals surface area contributed by atoms with Gasteiger partial charge < -0.3 is 5.32 Å². The van der Waals surface area contributed by atoms with Gasteiger partial charge >= 0.3 is 0 Å². The van der Waals surface area contributed by atoms with Crippen LogP contribution < -0.4 is 5.32 Å². The average Bonchev–Trinajstić information content (AvgIpc) is 3.02. The van der Waals surface area contributed by atoms with Crippen molar-refractivity contribution < 1.29 is 0 Å². The van der Waals surface area contributed by atoms with Crippen molar-refractivity contribution in [2.24, 2.45) is 5.41 Å². The van der Waals surface area contributed by atoms with Gasteiger partial charge in [-0.2, -0.15) is 0 Å². The van der Waals surface area contributed by atoms with Crippen LogP contribution in [0.25, 0.3) is 0 Å². The Bertz CT molecular complexity index is 380. The fourth-order valence-corrected chi connectivity index (χ4v) is 2.82. The summed E-state index contributed by atoms with van der Waals surface area (Å²) in [5.41, 5.74) is 0.751. The van der Waals surface area contributed by atoms with Crippen molar-refractivity contribution in [1.29, 1.82) is 0 Å². The molecule has 0 radical (unpaired) electrons. The molecule has 86 valence electrons. The molecule has 0 unspecified atom stereocenters. The second-order valence-corrected chi connectivity index (χ2v) is 5.47. The highest BCUT2D eigenvalue weighted by atomic mass is 35.5. The molecule has 1 aromatic rings. The minimum Gasteiger partial charge on any atom is -0.367 e. The lowest BCUT2D eigenvalue weighted by molar-refractivity contribution is 0.317. The lowest BCUT2D eigenvalue weighted by Crippen LogP contribution is -2.27.